The minimum Gasteiger partial charge on any atom is -0.481 e. The van der Waals surface area contributed by atoms with Crippen LogP contribution in [0, 0.1) is 22.7 Å². The highest BCUT2D eigenvalue weighted by Gasteiger charge is 2.54. The molecule has 110 valence electrons. The van der Waals surface area contributed by atoms with Gasteiger partial charge in [0.1, 0.15) is 0 Å². The molecule has 19 heavy (non-hydrogen) atoms. The highest BCUT2D eigenvalue weighted by molar-refractivity contribution is 5.76. The Morgan fingerprint density at radius 1 is 1.21 bits per heavy atom. The number of hydrogen-bond donors (Lipinski definition) is 2. The third-order valence-electron chi connectivity index (χ3n) is 5.43. The van der Waals surface area contributed by atoms with Crippen LogP contribution in [0.5, 0.6) is 0 Å². The van der Waals surface area contributed by atoms with E-state index in [1.165, 1.54) is 0 Å². The SMILES string of the molecule is CC1CC(C2(C(=O)O)CCCCC2O)CC(C)(C)C1. The second kappa shape index (κ2) is 5.08. The van der Waals surface area contributed by atoms with E-state index in [1.54, 1.807) is 0 Å². The van der Waals surface area contributed by atoms with Gasteiger partial charge >= 0.3 is 5.97 Å². The number of aliphatic carboxylic acids is 1. The summed E-state index contributed by atoms with van der Waals surface area (Å²) in [5.74, 6) is -0.0900. The third kappa shape index (κ3) is 2.67. The molecule has 4 unspecified atom stereocenters. The highest BCUT2D eigenvalue weighted by Crippen LogP contribution is 2.53. The molecule has 0 saturated heterocycles. The average Bonchev–Trinajstić information content (AvgIpc) is 2.26. The number of carboxylic acids is 1. The minimum atomic E-state index is -0.885. The summed E-state index contributed by atoms with van der Waals surface area (Å²) < 4.78 is 0. The zero-order valence-corrected chi connectivity index (χ0v) is 12.5. The summed E-state index contributed by atoms with van der Waals surface area (Å²) in [6, 6.07) is 0. The Labute approximate surface area is 116 Å². The molecular formula is C16H28O3. The molecule has 2 rings (SSSR count). The van der Waals surface area contributed by atoms with Crippen molar-refractivity contribution in [3.05, 3.63) is 0 Å². The summed E-state index contributed by atoms with van der Waals surface area (Å²) in [4.78, 5) is 11.9. The Bertz CT molecular complexity index is 350. The van der Waals surface area contributed by atoms with Crippen molar-refractivity contribution < 1.29 is 15.0 Å². The number of aliphatic hydroxyl groups excluding tert-OH is 1. The van der Waals surface area contributed by atoms with Gasteiger partial charge in [0.25, 0.3) is 0 Å². The van der Waals surface area contributed by atoms with Crippen LogP contribution in [0.15, 0.2) is 0 Å². The van der Waals surface area contributed by atoms with Crippen LogP contribution in [0.2, 0.25) is 0 Å². The van der Waals surface area contributed by atoms with Crippen LogP contribution in [-0.2, 0) is 4.79 Å². The molecule has 0 heterocycles. The molecule has 2 saturated carbocycles. The van der Waals surface area contributed by atoms with Crippen LogP contribution in [-0.4, -0.2) is 22.3 Å². The first-order chi connectivity index (χ1) is 8.78. The van der Waals surface area contributed by atoms with Gasteiger partial charge in [0.05, 0.1) is 11.5 Å². The number of aliphatic hydroxyl groups is 1. The lowest BCUT2D eigenvalue weighted by atomic mass is 9.55. The van der Waals surface area contributed by atoms with Gasteiger partial charge in [-0.05, 0) is 49.4 Å². The molecule has 0 amide bonds. The Hall–Kier alpha value is -0.570. The van der Waals surface area contributed by atoms with Gasteiger partial charge in [-0.15, -0.1) is 0 Å². The van der Waals surface area contributed by atoms with E-state index < -0.39 is 17.5 Å². The lowest BCUT2D eigenvalue weighted by Crippen LogP contribution is -2.52. The molecule has 0 radical (unpaired) electrons. The van der Waals surface area contributed by atoms with Crippen molar-refractivity contribution in [1.29, 1.82) is 0 Å². The fourth-order valence-corrected chi connectivity index (χ4v) is 4.82. The van der Waals surface area contributed by atoms with Crippen molar-refractivity contribution in [3.8, 4) is 0 Å². The van der Waals surface area contributed by atoms with E-state index in [1.807, 2.05) is 0 Å². The van der Waals surface area contributed by atoms with Gasteiger partial charge in [-0.1, -0.05) is 33.6 Å². The van der Waals surface area contributed by atoms with Gasteiger partial charge in [0.15, 0.2) is 0 Å². The van der Waals surface area contributed by atoms with Gasteiger partial charge in [0, 0.05) is 0 Å². The Kier molecular flexibility index (Phi) is 3.97. The van der Waals surface area contributed by atoms with Gasteiger partial charge in [-0.3, -0.25) is 4.79 Å². The first-order valence-corrected chi connectivity index (χ1v) is 7.69. The van der Waals surface area contributed by atoms with Crippen molar-refractivity contribution in [2.45, 2.75) is 71.8 Å². The zero-order valence-electron chi connectivity index (χ0n) is 12.5. The molecule has 0 aromatic rings. The zero-order chi connectivity index (χ0) is 14.3. The molecule has 2 N–H and O–H groups in total. The Morgan fingerprint density at radius 2 is 1.89 bits per heavy atom. The molecule has 2 aliphatic rings. The third-order valence-corrected chi connectivity index (χ3v) is 5.43. The predicted octanol–water partition coefficient (Wildman–Crippen LogP) is 3.45. The van der Waals surface area contributed by atoms with E-state index in [-0.39, 0.29) is 11.3 Å². The molecule has 2 fully saturated rings. The highest BCUT2D eigenvalue weighted by atomic mass is 16.4. The van der Waals surface area contributed by atoms with Crippen LogP contribution in [0.1, 0.15) is 65.7 Å². The van der Waals surface area contributed by atoms with E-state index in [9.17, 15) is 15.0 Å². The molecule has 0 aliphatic heterocycles. The van der Waals surface area contributed by atoms with Crippen molar-refractivity contribution in [1.82, 2.24) is 0 Å². The maximum atomic E-state index is 11.9. The molecule has 3 nitrogen and oxygen atoms in total. The molecule has 0 bridgehead atoms. The largest absolute Gasteiger partial charge is 0.481 e. The van der Waals surface area contributed by atoms with Crippen molar-refractivity contribution in [3.63, 3.8) is 0 Å². The van der Waals surface area contributed by atoms with E-state index in [0.29, 0.717) is 18.8 Å². The summed E-state index contributed by atoms with van der Waals surface area (Å²) in [6.07, 6.45) is 5.58. The van der Waals surface area contributed by atoms with E-state index in [2.05, 4.69) is 20.8 Å². The maximum absolute atomic E-state index is 11.9. The van der Waals surface area contributed by atoms with Crippen molar-refractivity contribution >= 4 is 5.97 Å². The normalized spacial score (nSPS) is 42.8. The second-order valence-corrected chi connectivity index (χ2v) is 7.72. The van der Waals surface area contributed by atoms with Crippen LogP contribution in [0.4, 0.5) is 0 Å². The topological polar surface area (TPSA) is 57.5 Å². The summed E-state index contributed by atoms with van der Waals surface area (Å²) >= 11 is 0. The van der Waals surface area contributed by atoms with Crippen LogP contribution >= 0.6 is 0 Å². The summed E-state index contributed by atoms with van der Waals surface area (Å²) in [6.45, 7) is 6.69. The second-order valence-electron chi connectivity index (χ2n) is 7.72. The van der Waals surface area contributed by atoms with Gasteiger partial charge in [0.2, 0.25) is 0 Å². The molecular weight excluding hydrogens is 240 g/mol. The van der Waals surface area contributed by atoms with E-state index in [0.717, 1.165) is 32.1 Å². The summed E-state index contributed by atoms with van der Waals surface area (Å²) in [5, 5.41) is 20.2. The van der Waals surface area contributed by atoms with Crippen LogP contribution < -0.4 is 0 Å². The van der Waals surface area contributed by atoms with E-state index >= 15 is 0 Å². The number of hydrogen-bond acceptors (Lipinski definition) is 2. The lowest BCUT2D eigenvalue weighted by Gasteiger charge is -2.50. The smallest absolute Gasteiger partial charge is 0.312 e. The number of rotatable bonds is 2. The quantitative estimate of drug-likeness (QED) is 0.806. The molecule has 0 aromatic heterocycles. The fraction of sp³-hybridized carbons (Fsp3) is 0.938. The minimum absolute atomic E-state index is 0.124. The fourth-order valence-electron chi connectivity index (χ4n) is 4.82. The van der Waals surface area contributed by atoms with Gasteiger partial charge < -0.3 is 10.2 Å². The van der Waals surface area contributed by atoms with E-state index in [4.69, 9.17) is 0 Å². The van der Waals surface area contributed by atoms with Gasteiger partial charge in [-0.25, -0.2) is 0 Å². The summed E-state index contributed by atoms with van der Waals surface area (Å²) in [7, 11) is 0. The number of carboxylic acid groups (broad SMARTS) is 1. The maximum Gasteiger partial charge on any atom is 0.312 e. The molecule has 3 heteroatoms. The van der Waals surface area contributed by atoms with Gasteiger partial charge in [-0.2, -0.15) is 0 Å². The standard InChI is InChI=1S/C16H28O3/c1-11-8-12(10-15(2,3)9-11)16(14(18)19)7-5-4-6-13(16)17/h11-13,17H,4-10H2,1-3H3,(H,18,19). The number of carbonyl (C=O) groups is 1. The van der Waals surface area contributed by atoms with Crippen molar-refractivity contribution in [2.75, 3.05) is 0 Å². The first kappa shape index (κ1) is 14.8. The first-order valence-electron chi connectivity index (χ1n) is 7.69. The summed E-state index contributed by atoms with van der Waals surface area (Å²) in [5.41, 5.74) is -0.688. The van der Waals surface area contributed by atoms with Crippen LogP contribution in [0.3, 0.4) is 0 Å². The molecule has 2 aliphatic carbocycles. The van der Waals surface area contributed by atoms with Crippen molar-refractivity contribution in [2.24, 2.45) is 22.7 Å². The Balaban J connectivity index is 2.31. The monoisotopic (exact) mass is 268 g/mol. The Morgan fingerprint density at radius 3 is 2.42 bits per heavy atom. The molecule has 0 spiro atoms. The molecule has 0 aromatic carbocycles. The predicted molar refractivity (Wildman–Crippen MR) is 74.8 cm³/mol. The molecule has 4 atom stereocenters. The average molecular weight is 268 g/mol. The lowest BCUT2D eigenvalue weighted by molar-refractivity contribution is -0.172. The van der Waals surface area contributed by atoms with Crippen LogP contribution in [0.25, 0.3) is 0 Å².